The number of aromatic nitrogens is 2. The van der Waals surface area contributed by atoms with Crippen molar-refractivity contribution >= 4 is 51.5 Å². The summed E-state index contributed by atoms with van der Waals surface area (Å²) in [5.74, 6) is 0.0525. The molecule has 0 saturated heterocycles. The lowest BCUT2D eigenvalue weighted by Crippen LogP contribution is -2.27. The number of nitrogens with zero attached hydrogens (tertiary/aromatic N) is 2. The molecule has 2 aromatic heterocycles. The number of thioether (sulfide) groups is 1. The van der Waals surface area contributed by atoms with Gasteiger partial charge in [0.15, 0.2) is 10.9 Å². The summed E-state index contributed by atoms with van der Waals surface area (Å²) in [7, 11) is 1.63. The molecule has 1 aliphatic carbocycles. The number of aryl methyl sites for hydroxylation is 2. The molecule has 1 aromatic carbocycles. The summed E-state index contributed by atoms with van der Waals surface area (Å²) in [6.07, 6.45) is 6.02. The molecule has 10 heteroatoms. The third-order valence-electron chi connectivity index (χ3n) is 5.99. The molecule has 0 spiro atoms. The monoisotopic (exact) mass is 544 g/mol. The van der Waals surface area contributed by atoms with Gasteiger partial charge in [0.05, 0.1) is 16.8 Å². The van der Waals surface area contributed by atoms with Crippen molar-refractivity contribution in [3.8, 4) is 0 Å². The van der Waals surface area contributed by atoms with E-state index in [4.69, 9.17) is 16.3 Å². The van der Waals surface area contributed by atoms with Gasteiger partial charge in [-0.25, -0.2) is 9.97 Å². The number of hydrogen-bond acceptors (Lipinski definition) is 7. The smallest absolute Gasteiger partial charge is 0.276 e. The van der Waals surface area contributed by atoms with Crippen molar-refractivity contribution in [1.29, 1.82) is 0 Å². The molecule has 2 N–H and O–H groups in total. The van der Waals surface area contributed by atoms with E-state index in [0.717, 1.165) is 42.5 Å². The largest absolute Gasteiger partial charge is 0.385 e. The highest BCUT2D eigenvalue weighted by Gasteiger charge is 2.27. The molecular weight excluding hydrogens is 516 g/mol. The average molecular weight is 545 g/mol. The number of thiophene rings is 1. The second-order valence-corrected chi connectivity index (χ2v) is 11.0. The van der Waals surface area contributed by atoms with Crippen molar-refractivity contribution in [2.24, 2.45) is 0 Å². The number of nitrogens with one attached hydrogen (secondary N) is 2. The van der Waals surface area contributed by atoms with Crippen LogP contribution in [0.5, 0.6) is 0 Å². The van der Waals surface area contributed by atoms with Crippen molar-refractivity contribution in [2.75, 3.05) is 25.6 Å². The first-order valence-electron chi connectivity index (χ1n) is 11.9. The molecule has 2 amide bonds. The SMILES string of the molecule is COCCCNC(=O)c1c(NC(=O)c2nc(SCc3ccccc3C)ncc2Cl)sc2c1CCCC2. The fraction of sp³-hybridized carbons (Fsp3) is 0.385. The number of methoxy groups -OCH3 is 1. The van der Waals surface area contributed by atoms with Crippen molar-refractivity contribution in [3.05, 3.63) is 68.3 Å². The summed E-state index contributed by atoms with van der Waals surface area (Å²) in [6.45, 7) is 3.13. The summed E-state index contributed by atoms with van der Waals surface area (Å²) in [5, 5.41) is 7.06. The van der Waals surface area contributed by atoms with E-state index in [2.05, 4.69) is 39.7 Å². The van der Waals surface area contributed by atoms with Gasteiger partial charge >= 0.3 is 0 Å². The highest BCUT2D eigenvalue weighted by atomic mass is 35.5. The topological polar surface area (TPSA) is 93.2 Å². The predicted octanol–water partition coefficient (Wildman–Crippen LogP) is 5.69. The molecule has 7 nitrogen and oxygen atoms in total. The molecule has 0 atom stereocenters. The first kappa shape index (κ1) is 26.6. The van der Waals surface area contributed by atoms with Crippen LogP contribution in [0.15, 0.2) is 35.6 Å². The zero-order chi connectivity index (χ0) is 25.5. The molecule has 36 heavy (non-hydrogen) atoms. The fourth-order valence-corrected chi connectivity index (χ4v) is 6.41. The van der Waals surface area contributed by atoms with Gasteiger partial charge in [-0.2, -0.15) is 0 Å². The van der Waals surface area contributed by atoms with E-state index in [1.807, 2.05) is 12.1 Å². The van der Waals surface area contributed by atoms with Gasteiger partial charge < -0.3 is 15.4 Å². The molecule has 0 aliphatic heterocycles. The van der Waals surface area contributed by atoms with Crippen LogP contribution in [-0.2, 0) is 23.3 Å². The zero-order valence-electron chi connectivity index (χ0n) is 20.4. The maximum Gasteiger partial charge on any atom is 0.276 e. The normalized spacial score (nSPS) is 12.8. The van der Waals surface area contributed by atoms with E-state index in [9.17, 15) is 9.59 Å². The van der Waals surface area contributed by atoms with Crippen LogP contribution in [0.1, 0.15) is 61.7 Å². The fourth-order valence-electron chi connectivity index (χ4n) is 4.06. The molecule has 1 aliphatic rings. The van der Waals surface area contributed by atoms with Crippen LogP contribution in [0.4, 0.5) is 5.00 Å². The summed E-state index contributed by atoms with van der Waals surface area (Å²) in [5.41, 5.74) is 4.05. The van der Waals surface area contributed by atoms with E-state index in [1.54, 1.807) is 7.11 Å². The van der Waals surface area contributed by atoms with Crippen LogP contribution in [0, 0.1) is 6.92 Å². The van der Waals surface area contributed by atoms with Crippen molar-refractivity contribution in [1.82, 2.24) is 15.3 Å². The third kappa shape index (κ3) is 6.45. The second kappa shape index (κ2) is 12.7. The van der Waals surface area contributed by atoms with E-state index < -0.39 is 5.91 Å². The van der Waals surface area contributed by atoms with E-state index >= 15 is 0 Å². The van der Waals surface area contributed by atoms with Gasteiger partial charge in [-0.15, -0.1) is 11.3 Å². The molecule has 0 saturated carbocycles. The number of halogens is 1. The average Bonchev–Trinajstić information content (AvgIpc) is 3.24. The number of fused-ring (bicyclic) bond motifs is 1. The first-order valence-corrected chi connectivity index (χ1v) is 14.1. The maximum absolute atomic E-state index is 13.3. The van der Waals surface area contributed by atoms with Gasteiger partial charge in [-0.1, -0.05) is 47.6 Å². The van der Waals surface area contributed by atoms with Crippen molar-refractivity contribution in [3.63, 3.8) is 0 Å². The molecular formula is C26H29ClN4O3S2. The predicted molar refractivity (Wildman–Crippen MR) is 146 cm³/mol. The minimum absolute atomic E-state index is 0.0942. The molecule has 0 unspecified atom stereocenters. The molecule has 4 rings (SSSR count). The number of rotatable bonds is 10. The second-order valence-electron chi connectivity index (χ2n) is 8.54. The first-order chi connectivity index (χ1) is 17.5. The Bertz CT molecular complexity index is 1250. The highest BCUT2D eigenvalue weighted by molar-refractivity contribution is 7.98. The van der Waals surface area contributed by atoms with E-state index in [1.165, 1.54) is 40.4 Å². The number of carbonyl (C=O) groups is 2. The van der Waals surface area contributed by atoms with Crippen LogP contribution in [0.25, 0.3) is 0 Å². The quantitative estimate of drug-likeness (QED) is 0.193. The van der Waals surface area contributed by atoms with Crippen molar-refractivity contribution in [2.45, 2.75) is 49.9 Å². The molecule has 190 valence electrons. The lowest BCUT2D eigenvalue weighted by molar-refractivity contribution is 0.0948. The number of amides is 2. The number of ether oxygens (including phenoxy) is 1. The van der Waals surface area contributed by atoms with Gasteiger partial charge in [-0.05, 0) is 55.7 Å². The summed E-state index contributed by atoms with van der Waals surface area (Å²) >= 11 is 9.23. The Labute approximate surface area is 224 Å². The van der Waals surface area contributed by atoms with E-state index in [0.29, 0.717) is 34.6 Å². The lowest BCUT2D eigenvalue weighted by Gasteiger charge is -2.13. The molecule has 3 aromatic rings. The Balaban J connectivity index is 1.52. The Morgan fingerprint density at radius 2 is 2.00 bits per heavy atom. The van der Waals surface area contributed by atoms with Crippen LogP contribution >= 0.6 is 34.7 Å². The number of benzene rings is 1. The van der Waals surface area contributed by atoms with Crippen LogP contribution < -0.4 is 10.6 Å². The Morgan fingerprint density at radius 1 is 1.19 bits per heavy atom. The molecule has 0 radical (unpaired) electrons. The molecule has 0 bridgehead atoms. The van der Waals surface area contributed by atoms with Gasteiger partial charge in [-0.3, -0.25) is 9.59 Å². The minimum Gasteiger partial charge on any atom is -0.385 e. The highest BCUT2D eigenvalue weighted by Crippen LogP contribution is 2.38. The van der Waals surface area contributed by atoms with Gasteiger partial charge in [0, 0.05) is 30.9 Å². The van der Waals surface area contributed by atoms with Gasteiger partial charge in [0.25, 0.3) is 11.8 Å². The number of anilines is 1. The Morgan fingerprint density at radius 3 is 2.81 bits per heavy atom. The lowest BCUT2D eigenvalue weighted by atomic mass is 9.95. The summed E-state index contributed by atoms with van der Waals surface area (Å²) < 4.78 is 5.07. The molecule has 0 fully saturated rings. The number of hydrogen-bond donors (Lipinski definition) is 2. The van der Waals surface area contributed by atoms with Crippen molar-refractivity contribution < 1.29 is 14.3 Å². The van der Waals surface area contributed by atoms with E-state index in [-0.39, 0.29) is 16.6 Å². The maximum atomic E-state index is 13.3. The van der Waals surface area contributed by atoms with Crippen LogP contribution in [-0.4, -0.2) is 42.0 Å². The van der Waals surface area contributed by atoms with Crippen LogP contribution in [0.3, 0.4) is 0 Å². The summed E-state index contributed by atoms with van der Waals surface area (Å²) in [6, 6.07) is 8.12. The third-order valence-corrected chi connectivity index (χ3v) is 8.39. The van der Waals surface area contributed by atoms with Gasteiger partial charge in [0.2, 0.25) is 0 Å². The Kier molecular flexibility index (Phi) is 9.36. The zero-order valence-corrected chi connectivity index (χ0v) is 22.7. The molecule has 2 heterocycles. The minimum atomic E-state index is -0.452. The van der Waals surface area contributed by atoms with Crippen LogP contribution in [0.2, 0.25) is 5.02 Å². The van der Waals surface area contributed by atoms with Gasteiger partial charge in [0.1, 0.15) is 5.00 Å². The summed E-state index contributed by atoms with van der Waals surface area (Å²) in [4.78, 5) is 36.2. The standard InChI is InChI=1S/C26H29ClN4O3S2/c1-16-8-3-4-9-17(16)15-35-26-29-14-19(27)22(30-26)24(33)31-25-21(23(32)28-12-7-13-34-2)18-10-5-6-11-20(18)36-25/h3-4,8-9,14H,5-7,10-13,15H2,1-2H3,(H,28,32)(H,31,33). The Hall–Kier alpha value is -2.46. The number of carbonyl (C=O) groups excluding carboxylic acids is 2.